The third-order valence-electron chi connectivity index (χ3n) is 15.3. The van der Waals surface area contributed by atoms with Gasteiger partial charge in [-0.05, 0) is 182 Å². The normalized spacial score (nSPS) is 12.0. The molecule has 0 heterocycles. The van der Waals surface area contributed by atoms with Gasteiger partial charge in [0.1, 0.15) is 0 Å². The molecule has 0 heteroatoms. The smallest absolute Gasteiger partial charge is 0.000739 e. The molecule has 13 aromatic carbocycles. The Hall–Kier alpha value is -9.10. The first-order chi connectivity index (χ1) is 34.8. The predicted octanol–water partition coefficient (Wildman–Crippen LogP) is 18.1. The molecule has 13 aromatic rings. The fourth-order valence-electron chi connectivity index (χ4n) is 12.4. The molecule has 0 spiro atoms. The number of hydrogen-bond donors (Lipinski definition) is 0. The molecule has 322 valence electrons. The molecule has 15 rings (SSSR count). The molecule has 2 aliphatic carbocycles. The summed E-state index contributed by atoms with van der Waals surface area (Å²) in [5.74, 6) is 0. The topological polar surface area (TPSA) is 0 Å². The lowest BCUT2D eigenvalue weighted by atomic mass is 9.85. The van der Waals surface area contributed by atoms with Crippen LogP contribution in [0.1, 0.15) is 0 Å². The highest BCUT2D eigenvalue weighted by molar-refractivity contribution is 6.13. The van der Waals surface area contributed by atoms with Crippen LogP contribution >= 0.6 is 0 Å². The van der Waals surface area contributed by atoms with Gasteiger partial charge in [0.25, 0.3) is 0 Å². The summed E-state index contributed by atoms with van der Waals surface area (Å²) in [6.07, 6.45) is 0. The van der Waals surface area contributed by atoms with E-state index in [1.54, 1.807) is 0 Å². The second kappa shape index (κ2) is 15.2. The summed E-state index contributed by atoms with van der Waals surface area (Å²) in [4.78, 5) is 0. The Bertz CT molecular complexity index is 4600. The van der Waals surface area contributed by atoms with E-state index in [9.17, 15) is 0 Å². The molecule has 2 aliphatic rings. The lowest BCUT2D eigenvalue weighted by molar-refractivity contribution is 1.47. The van der Waals surface area contributed by atoms with Crippen molar-refractivity contribution in [2.45, 2.75) is 0 Å². The van der Waals surface area contributed by atoms with E-state index in [4.69, 9.17) is 0 Å². The Labute approximate surface area is 404 Å². The minimum atomic E-state index is 1.20. The van der Waals surface area contributed by atoms with Crippen LogP contribution in [0.3, 0.4) is 0 Å². The molecule has 0 N–H and O–H groups in total. The summed E-state index contributed by atoms with van der Waals surface area (Å²) in [7, 11) is 0. The Balaban J connectivity index is 1.23. The van der Waals surface area contributed by atoms with Gasteiger partial charge in [-0.15, -0.1) is 0 Å². The first-order valence-corrected chi connectivity index (χ1v) is 24.4. The summed E-state index contributed by atoms with van der Waals surface area (Å²) >= 11 is 0. The van der Waals surface area contributed by atoms with Crippen LogP contribution in [0.5, 0.6) is 0 Å². The number of fused-ring (bicyclic) bond motifs is 5. The standard InChI is InChI=1S/C70H42/c1-6-20-43(21-7-1)50-38-51(44-22-8-2-9-23-44)40-52(39-50)64-60-42-49-31-17-16-30-48(49)41-59(60)63(47-28-14-5-15-29-47)69-57-36-34-55-65-56(35-37-58(66(57)65)70(64)69)68-62(46-26-12-4-13-27-46)54-33-19-18-32-53(54)61(67(55)68)45-24-10-3-11-25-45/h1-42H. The van der Waals surface area contributed by atoms with Gasteiger partial charge in [-0.3, -0.25) is 0 Å². The highest BCUT2D eigenvalue weighted by Crippen LogP contribution is 2.47. The maximum absolute atomic E-state index is 2.47. The Morgan fingerprint density at radius 3 is 0.800 bits per heavy atom. The van der Waals surface area contributed by atoms with Crippen molar-refractivity contribution in [1.29, 1.82) is 0 Å². The molecule has 0 saturated carbocycles. The third kappa shape index (κ3) is 5.65. The zero-order chi connectivity index (χ0) is 45.9. The average molecular weight is 883 g/mol. The van der Waals surface area contributed by atoms with Crippen LogP contribution in [0.4, 0.5) is 0 Å². The molecule has 0 bridgehead atoms. The van der Waals surface area contributed by atoms with Crippen molar-refractivity contribution >= 4 is 43.1 Å². The number of benzene rings is 13. The van der Waals surface area contributed by atoms with Crippen LogP contribution in [-0.4, -0.2) is 0 Å². The van der Waals surface area contributed by atoms with Crippen LogP contribution in [0.15, 0.2) is 255 Å². The van der Waals surface area contributed by atoms with Crippen molar-refractivity contribution in [3.8, 4) is 66.8 Å². The number of rotatable bonds is 6. The van der Waals surface area contributed by atoms with Crippen molar-refractivity contribution in [2.75, 3.05) is 0 Å². The molecule has 0 saturated heterocycles. The summed E-state index contributed by atoms with van der Waals surface area (Å²) in [5, 5.41) is 20.7. The third-order valence-corrected chi connectivity index (χ3v) is 15.3. The van der Waals surface area contributed by atoms with Crippen molar-refractivity contribution in [3.63, 3.8) is 0 Å². The van der Waals surface area contributed by atoms with Gasteiger partial charge in [0.05, 0.1) is 0 Å². The van der Waals surface area contributed by atoms with Gasteiger partial charge < -0.3 is 0 Å². The summed E-state index contributed by atoms with van der Waals surface area (Å²) in [5.41, 5.74) is 14.9. The molecule has 0 unspecified atom stereocenters. The van der Waals surface area contributed by atoms with Crippen LogP contribution < -0.4 is 0 Å². The van der Waals surface area contributed by atoms with Gasteiger partial charge in [-0.2, -0.15) is 0 Å². The molecule has 70 heavy (non-hydrogen) atoms. The van der Waals surface area contributed by atoms with Crippen LogP contribution in [0, 0.1) is 41.7 Å². The van der Waals surface area contributed by atoms with Crippen LogP contribution in [-0.2, 0) is 0 Å². The van der Waals surface area contributed by atoms with Gasteiger partial charge in [0, 0.05) is 0 Å². The maximum Gasteiger partial charge on any atom is -0.000739 e. The average Bonchev–Trinajstić information content (AvgIpc) is 3.94. The van der Waals surface area contributed by atoms with Crippen molar-refractivity contribution in [3.05, 3.63) is 297 Å². The van der Waals surface area contributed by atoms with E-state index in [-0.39, 0.29) is 0 Å². The maximum atomic E-state index is 2.47. The predicted molar refractivity (Wildman–Crippen MR) is 293 cm³/mol. The quantitative estimate of drug-likeness (QED) is 0.146. The van der Waals surface area contributed by atoms with Gasteiger partial charge in [-0.1, -0.05) is 224 Å². The second-order valence-corrected chi connectivity index (χ2v) is 19.0. The number of hydrogen-bond acceptors (Lipinski definition) is 0. The molecule has 0 amide bonds. The first kappa shape index (κ1) is 38.9. The Morgan fingerprint density at radius 1 is 0.171 bits per heavy atom. The molecule has 0 nitrogen and oxygen atoms in total. The highest BCUT2D eigenvalue weighted by Gasteiger charge is 2.25. The van der Waals surface area contributed by atoms with Crippen molar-refractivity contribution in [1.82, 2.24) is 0 Å². The largest absolute Gasteiger partial charge is 0.0622 e. The molecular weight excluding hydrogens is 841 g/mol. The van der Waals surface area contributed by atoms with Gasteiger partial charge >= 0.3 is 0 Å². The zero-order valence-electron chi connectivity index (χ0n) is 38.2. The fraction of sp³-hybridized carbons (Fsp3) is 0. The lowest BCUT2D eigenvalue weighted by Crippen LogP contribution is -1.94. The molecule has 0 radical (unpaired) electrons. The minimum Gasteiger partial charge on any atom is -0.0622 e. The van der Waals surface area contributed by atoms with Gasteiger partial charge in [0.15, 0.2) is 0 Å². The minimum absolute atomic E-state index is 1.20. The lowest BCUT2D eigenvalue weighted by Gasteiger charge is -2.18. The second-order valence-electron chi connectivity index (χ2n) is 19.0. The van der Waals surface area contributed by atoms with Crippen molar-refractivity contribution < 1.29 is 0 Å². The van der Waals surface area contributed by atoms with E-state index < -0.39 is 0 Å². The van der Waals surface area contributed by atoms with Gasteiger partial charge in [-0.25, -0.2) is 0 Å². The Kier molecular flexibility index (Phi) is 8.46. The van der Waals surface area contributed by atoms with Crippen LogP contribution in [0.25, 0.3) is 110 Å². The molecule has 0 fully saturated rings. The molecular formula is C70H42. The first-order valence-electron chi connectivity index (χ1n) is 24.4. The molecule has 0 aromatic heterocycles. The van der Waals surface area contributed by atoms with Crippen molar-refractivity contribution in [2.24, 2.45) is 0 Å². The van der Waals surface area contributed by atoms with E-state index in [0.29, 0.717) is 0 Å². The summed E-state index contributed by atoms with van der Waals surface area (Å²) in [6, 6.07) is 95.2. The fourth-order valence-corrected chi connectivity index (χ4v) is 12.4. The zero-order valence-corrected chi connectivity index (χ0v) is 38.2. The summed E-state index contributed by atoms with van der Waals surface area (Å²) < 4.78 is 0. The van der Waals surface area contributed by atoms with E-state index in [1.165, 1.54) is 152 Å². The van der Waals surface area contributed by atoms with E-state index in [1.807, 2.05) is 0 Å². The highest BCUT2D eigenvalue weighted by atomic mass is 14.3. The van der Waals surface area contributed by atoms with E-state index >= 15 is 0 Å². The van der Waals surface area contributed by atoms with E-state index in [0.717, 1.165) is 0 Å². The van der Waals surface area contributed by atoms with Crippen LogP contribution in [0.2, 0.25) is 0 Å². The SMILES string of the molecule is c1ccc(-c2cc(-c3ccccc3)cc(-c3c4c(c(-c5ccccc5)c5cc6ccccc6cc35)=c3ccc5c6c(ccc=4c36)=c3c(-c4ccccc4)c4ccccc4c(-c4ccccc4)c3=5)c2)cc1. The van der Waals surface area contributed by atoms with E-state index in [2.05, 4.69) is 255 Å². The summed E-state index contributed by atoms with van der Waals surface area (Å²) in [6.45, 7) is 0. The monoisotopic (exact) mass is 882 g/mol. The Morgan fingerprint density at radius 2 is 0.443 bits per heavy atom. The molecule has 0 aliphatic heterocycles. The van der Waals surface area contributed by atoms with Gasteiger partial charge in [0.2, 0.25) is 0 Å². The molecule has 0 atom stereocenters.